The lowest BCUT2D eigenvalue weighted by atomic mass is 9.86. The van der Waals surface area contributed by atoms with Gasteiger partial charge in [0.1, 0.15) is 11.8 Å². The molecule has 1 aliphatic heterocycles. The van der Waals surface area contributed by atoms with Crippen LogP contribution in [0.5, 0.6) is 5.75 Å². The summed E-state index contributed by atoms with van der Waals surface area (Å²) in [6.45, 7) is 3.56. The van der Waals surface area contributed by atoms with Crippen molar-refractivity contribution < 1.29 is 29.0 Å². The highest BCUT2D eigenvalue weighted by Crippen LogP contribution is 2.28. The largest absolute Gasteiger partial charge is 0.508 e. The van der Waals surface area contributed by atoms with Crippen molar-refractivity contribution in [3.63, 3.8) is 0 Å². The maximum atomic E-state index is 11.0. The van der Waals surface area contributed by atoms with E-state index < -0.39 is 29.4 Å². The monoisotopic (exact) mass is 337 g/mol. The lowest BCUT2D eigenvalue weighted by molar-refractivity contribution is -0.172. The van der Waals surface area contributed by atoms with Crippen LogP contribution in [0.4, 0.5) is 0 Å². The van der Waals surface area contributed by atoms with Crippen LogP contribution in [0.1, 0.15) is 32.3 Å². The Kier molecular flexibility index (Phi) is 6.91. The molecule has 0 unspecified atom stereocenters. The quantitative estimate of drug-likeness (QED) is 0.631. The second-order valence-electron chi connectivity index (χ2n) is 6.15. The van der Waals surface area contributed by atoms with E-state index in [1.165, 1.54) is 7.11 Å². The summed E-state index contributed by atoms with van der Waals surface area (Å²) in [7, 11) is 1.30. The van der Waals surface area contributed by atoms with Gasteiger partial charge in [0.05, 0.1) is 12.5 Å². The molecule has 24 heavy (non-hydrogen) atoms. The predicted octanol–water partition coefficient (Wildman–Crippen LogP) is 1.31. The van der Waals surface area contributed by atoms with Gasteiger partial charge in [-0.15, -0.1) is 0 Å². The Morgan fingerprint density at radius 3 is 2.38 bits per heavy atom. The third-order valence-electron chi connectivity index (χ3n) is 3.61. The molecule has 0 aliphatic carbocycles. The van der Waals surface area contributed by atoms with Crippen molar-refractivity contribution in [2.75, 3.05) is 7.11 Å². The molecule has 3 N–H and O–H groups in total. The highest BCUT2D eigenvalue weighted by molar-refractivity contribution is 5.91. The molecule has 1 fully saturated rings. The normalized spacial score (nSPS) is 17.2. The summed E-state index contributed by atoms with van der Waals surface area (Å²) in [5, 5.41) is 9.02. The molecule has 0 spiro atoms. The second-order valence-corrected chi connectivity index (χ2v) is 6.15. The number of hydrogen-bond acceptors (Lipinski definition) is 7. The molecule has 0 saturated carbocycles. The minimum absolute atomic E-state index is 0.195. The number of benzene rings is 1. The lowest BCUT2D eigenvalue weighted by Crippen LogP contribution is -2.34. The van der Waals surface area contributed by atoms with E-state index in [0.717, 1.165) is 5.56 Å². The van der Waals surface area contributed by atoms with Crippen LogP contribution < -0.4 is 5.73 Å². The van der Waals surface area contributed by atoms with Gasteiger partial charge in [-0.25, -0.2) is 0 Å². The first-order chi connectivity index (χ1) is 11.2. The third kappa shape index (κ3) is 6.00. The van der Waals surface area contributed by atoms with Crippen molar-refractivity contribution in [1.29, 1.82) is 0 Å². The van der Waals surface area contributed by atoms with Gasteiger partial charge < -0.3 is 20.3 Å². The van der Waals surface area contributed by atoms with Gasteiger partial charge in [0.2, 0.25) is 0 Å². The third-order valence-corrected chi connectivity index (χ3v) is 3.61. The fourth-order valence-electron chi connectivity index (χ4n) is 1.93. The minimum atomic E-state index is -0.649. The summed E-state index contributed by atoms with van der Waals surface area (Å²) in [4.78, 5) is 32.4. The zero-order valence-electron chi connectivity index (χ0n) is 14.1. The fraction of sp³-hybridized carbons (Fsp3) is 0.471. The van der Waals surface area contributed by atoms with E-state index >= 15 is 0 Å². The molecule has 1 heterocycles. The number of hydrogen-bond donors (Lipinski definition) is 2. The predicted molar refractivity (Wildman–Crippen MR) is 85.9 cm³/mol. The molecule has 132 valence electrons. The summed E-state index contributed by atoms with van der Waals surface area (Å²) >= 11 is 0. The summed E-state index contributed by atoms with van der Waals surface area (Å²) in [6.07, 6.45) is 1.37. The number of nitrogens with two attached hydrogens (primary N) is 1. The van der Waals surface area contributed by atoms with Gasteiger partial charge in [0.25, 0.3) is 0 Å². The maximum Gasteiger partial charge on any atom is 0.322 e. The molecular formula is C17H23NO6. The molecule has 7 heteroatoms. The molecule has 0 radical (unpaired) electrons. The van der Waals surface area contributed by atoms with Crippen LogP contribution >= 0.6 is 0 Å². The van der Waals surface area contributed by atoms with Gasteiger partial charge in [0.15, 0.2) is 0 Å². The number of phenols is 1. The number of rotatable bonds is 3. The molecule has 1 saturated heterocycles. The number of cyclic esters (lactones) is 2. The van der Waals surface area contributed by atoms with E-state index in [0.29, 0.717) is 19.3 Å². The first-order valence-corrected chi connectivity index (χ1v) is 7.52. The van der Waals surface area contributed by atoms with Gasteiger partial charge in [-0.3, -0.25) is 14.4 Å². The van der Waals surface area contributed by atoms with E-state index in [1.807, 2.05) is 0 Å². The Bertz CT molecular complexity index is 594. The molecule has 1 aliphatic rings. The van der Waals surface area contributed by atoms with Gasteiger partial charge in [0, 0.05) is 6.42 Å². The standard InChI is InChI=1S/C10H13NO3.C7H10O3/c1-14-10(13)9(11)6-7-2-4-8(12)5-3-7;1-7(2)4-3-5(8)10-6(7)9/h2-5,9,12H,6,11H2,1H3;3-4H2,1-2H3/t9-;/m0./s1. The van der Waals surface area contributed by atoms with Crippen molar-refractivity contribution in [3.05, 3.63) is 29.8 Å². The van der Waals surface area contributed by atoms with Gasteiger partial charge in [-0.2, -0.15) is 0 Å². The summed E-state index contributed by atoms with van der Waals surface area (Å²) < 4.78 is 8.92. The van der Waals surface area contributed by atoms with E-state index in [2.05, 4.69) is 9.47 Å². The van der Waals surface area contributed by atoms with Crippen LogP contribution in [0, 0.1) is 5.41 Å². The lowest BCUT2D eigenvalue weighted by Gasteiger charge is -2.25. The number of aromatic hydroxyl groups is 1. The Hall–Kier alpha value is -2.41. The number of esters is 3. The van der Waals surface area contributed by atoms with Crippen molar-refractivity contribution >= 4 is 17.9 Å². The second kappa shape index (κ2) is 8.44. The molecule has 0 bridgehead atoms. The molecular weight excluding hydrogens is 314 g/mol. The van der Waals surface area contributed by atoms with Gasteiger partial charge in [-0.1, -0.05) is 12.1 Å². The SMILES string of the molecule is CC1(C)CCC(=O)OC1=O.COC(=O)[C@@H](N)Cc1ccc(O)cc1. The van der Waals surface area contributed by atoms with E-state index in [9.17, 15) is 14.4 Å². The molecule has 2 rings (SSSR count). The van der Waals surface area contributed by atoms with Gasteiger partial charge in [-0.05, 0) is 44.4 Å². The molecule has 1 aromatic carbocycles. The van der Waals surface area contributed by atoms with Crippen molar-refractivity contribution in [2.24, 2.45) is 11.1 Å². The van der Waals surface area contributed by atoms with Crippen LogP contribution in [-0.4, -0.2) is 36.2 Å². The highest BCUT2D eigenvalue weighted by atomic mass is 16.6. The zero-order valence-corrected chi connectivity index (χ0v) is 14.1. The Balaban J connectivity index is 0.000000254. The molecule has 1 aromatic rings. The average molecular weight is 337 g/mol. The van der Waals surface area contributed by atoms with E-state index in [-0.39, 0.29) is 5.75 Å². The Labute approximate surface area is 140 Å². The van der Waals surface area contributed by atoms with Crippen LogP contribution in [0.2, 0.25) is 0 Å². The van der Waals surface area contributed by atoms with Crippen LogP contribution in [0.15, 0.2) is 24.3 Å². The van der Waals surface area contributed by atoms with Crippen LogP contribution in [0.3, 0.4) is 0 Å². The maximum absolute atomic E-state index is 11.0. The topological polar surface area (TPSA) is 116 Å². The van der Waals surface area contributed by atoms with Gasteiger partial charge >= 0.3 is 17.9 Å². The first-order valence-electron chi connectivity index (χ1n) is 7.52. The van der Waals surface area contributed by atoms with Crippen molar-refractivity contribution in [2.45, 2.75) is 39.2 Å². The number of methoxy groups -OCH3 is 1. The molecule has 7 nitrogen and oxygen atoms in total. The highest BCUT2D eigenvalue weighted by Gasteiger charge is 2.35. The molecule has 0 amide bonds. The Morgan fingerprint density at radius 2 is 1.92 bits per heavy atom. The minimum Gasteiger partial charge on any atom is -0.508 e. The number of carbonyl (C=O) groups is 3. The van der Waals surface area contributed by atoms with E-state index in [4.69, 9.17) is 10.8 Å². The van der Waals surface area contributed by atoms with Crippen LogP contribution in [-0.2, 0) is 30.3 Å². The first kappa shape index (κ1) is 19.6. The summed E-state index contributed by atoms with van der Waals surface area (Å²) in [5.41, 5.74) is 5.99. The number of carbonyl (C=O) groups excluding carboxylic acids is 3. The van der Waals surface area contributed by atoms with Crippen LogP contribution in [0.25, 0.3) is 0 Å². The number of ether oxygens (including phenoxy) is 2. The number of phenolic OH excluding ortho intramolecular Hbond substituents is 1. The molecule has 1 atom stereocenters. The summed E-state index contributed by atoms with van der Waals surface area (Å²) in [6, 6.07) is 5.90. The molecule has 0 aromatic heterocycles. The Morgan fingerprint density at radius 1 is 1.33 bits per heavy atom. The van der Waals surface area contributed by atoms with Crippen molar-refractivity contribution in [1.82, 2.24) is 0 Å². The fourth-order valence-corrected chi connectivity index (χ4v) is 1.93. The smallest absolute Gasteiger partial charge is 0.322 e. The van der Waals surface area contributed by atoms with E-state index in [1.54, 1.807) is 38.1 Å². The summed E-state index contributed by atoms with van der Waals surface area (Å²) in [5.74, 6) is -1.04. The van der Waals surface area contributed by atoms with Crippen molar-refractivity contribution in [3.8, 4) is 5.75 Å². The average Bonchev–Trinajstić information content (AvgIpc) is 2.53. The zero-order chi connectivity index (χ0) is 18.3.